The SMILES string of the molecule is Cc1nc(C)c(CN2CCC(F)(F)C2)s1. The van der Waals surface area contributed by atoms with Crippen LogP contribution in [-0.4, -0.2) is 28.9 Å². The zero-order chi connectivity index (χ0) is 11.1. The minimum Gasteiger partial charge on any atom is -0.292 e. The van der Waals surface area contributed by atoms with Gasteiger partial charge in [0.2, 0.25) is 0 Å². The Morgan fingerprint density at radius 3 is 2.67 bits per heavy atom. The first kappa shape index (κ1) is 11.0. The second-order valence-electron chi connectivity index (χ2n) is 4.06. The summed E-state index contributed by atoms with van der Waals surface area (Å²) >= 11 is 1.60. The summed E-state index contributed by atoms with van der Waals surface area (Å²) in [5.74, 6) is -2.49. The fourth-order valence-electron chi connectivity index (χ4n) is 1.87. The van der Waals surface area contributed by atoms with E-state index in [1.54, 1.807) is 16.2 Å². The van der Waals surface area contributed by atoms with Crippen molar-refractivity contribution in [3.8, 4) is 0 Å². The van der Waals surface area contributed by atoms with Crippen LogP contribution in [0.1, 0.15) is 22.0 Å². The molecule has 1 aliphatic heterocycles. The van der Waals surface area contributed by atoms with E-state index < -0.39 is 5.92 Å². The fourth-order valence-corrected chi connectivity index (χ4v) is 2.84. The van der Waals surface area contributed by atoms with E-state index in [0.29, 0.717) is 13.1 Å². The maximum absolute atomic E-state index is 12.9. The quantitative estimate of drug-likeness (QED) is 0.779. The predicted octanol–water partition coefficient (Wildman–Crippen LogP) is 2.60. The molecular formula is C10H14F2N2S. The molecule has 0 atom stereocenters. The zero-order valence-corrected chi connectivity index (χ0v) is 9.70. The van der Waals surface area contributed by atoms with Gasteiger partial charge in [-0.3, -0.25) is 4.90 Å². The zero-order valence-electron chi connectivity index (χ0n) is 8.89. The highest BCUT2D eigenvalue weighted by molar-refractivity contribution is 7.11. The number of aromatic nitrogens is 1. The average molecular weight is 232 g/mol. The molecule has 0 N–H and O–H groups in total. The van der Waals surface area contributed by atoms with Crippen LogP contribution in [0.15, 0.2) is 0 Å². The van der Waals surface area contributed by atoms with Crippen LogP contribution >= 0.6 is 11.3 Å². The number of thiazole rings is 1. The summed E-state index contributed by atoms with van der Waals surface area (Å²) < 4.78 is 25.9. The number of nitrogens with zero attached hydrogens (tertiary/aromatic N) is 2. The highest BCUT2D eigenvalue weighted by atomic mass is 32.1. The summed E-state index contributed by atoms with van der Waals surface area (Å²) in [6, 6.07) is 0. The van der Waals surface area contributed by atoms with E-state index in [1.807, 2.05) is 13.8 Å². The predicted molar refractivity (Wildman–Crippen MR) is 56.4 cm³/mol. The lowest BCUT2D eigenvalue weighted by atomic mass is 10.3. The molecule has 0 unspecified atom stereocenters. The average Bonchev–Trinajstić information content (AvgIpc) is 2.57. The molecule has 2 heterocycles. The smallest absolute Gasteiger partial charge is 0.261 e. The Labute approximate surface area is 91.9 Å². The second kappa shape index (κ2) is 3.79. The van der Waals surface area contributed by atoms with Crippen molar-refractivity contribution in [1.29, 1.82) is 0 Å². The molecule has 15 heavy (non-hydrogen) atoms. The van der Waals surface area contributed by atoms with Crippen molar-refractivity contribution in [2.24, 2.45) is 0 Å². The first-order valence-corrected chi connectivity index (χ1v) is 5.81. The van der Waals surface area contributed by atoms with Gasteiger partial charge in [-0.25, -0.2) is 13.8 Å². The van der Waals surface area contributed by atoms with Crippen molar-refractivity contribution in [2.75, 3.05) is 13.1 Å². The van der Waals surface area contributed by atoms with Gasteiger partial charge in [-0.1, -0.05) is 0 Å². The Morgan fingerprint density at radius 2 is 2.20 bits per heavy atom. The Hall–Kier alpha value is -0.550. The van der Waals surface area contributed by atoms with Crippen LogP contribution in [0.4, 0.5) is 8.78 Å². The lowest BCUT2D eigenvalue weighted by molar-refractivity contribution is 0.0116. The minimum atomic E-state index is -2.49. The van der Waals surface area contributed by atoms with Crippen LogP contribution in [0.2, 0.25) is 0 Å². The molecule has 0 aromatic carbocycles. The molecule has 2 nitrogen and oxygen atoms in total. The summed E-state index contributed by atoms with van der Waals surface area (Å²) in [7, 11) is 0. The number of alkyl halides is 2. The Kier molecular flexibility index (Phi) is 2.77. The first-order valence-electron chi connectivity index (χ1n) is 4.99. The van der Waals surface area contributed by atoms with Crippen LogP contribution in [0.25, 0.3) is 0 Å². The molecule has 1 saturated heterocycles. The van der Waals surface area contributed by atoms with Crippen LogP contribution in [0, 0.1) is 13.8 Å². The van der Waals surface area contributed by atoms with Crippen molar-refractivity contribution in [2.45, 2.75) is 32.7 Å². The van der Waals surface area contributed by atoms with Gasteiger partial charge in [0.05, 0.1) is 17.2 Å². The van der Waals surface area contributed by atoms with E-state index >= 15 is 0 Å². The number of hydrogen-bond donors (Lipinski definition) is 0. The van der Waals surface area contributed by atoms with Gasteiger partial charge >= 0.3 is 0 Å². The van der Waals surface area contributed by atoms with Crippen molar-refractivity contribution >= 4 is 11.3 Å². The van der Waals surface area contributed by atoms with E-state index in [4.69, 9.17) is 0 Å². The summed E-state index contributed by atoms with van der Waals surface area (Å²) in [6.07, 6.45) is -0.0101. The summed E-state index contributed by atoms with van der Waals surface area (Å²) in [4.78, 5) is 7.22. The molecule has 0 aliphatic carbocycles. The Morgan fingerprint density at radius 1 is 1.47 bits per heavy atom. The molecule has 1 aromatic heterocycles. The van der Waals surface area contributed by atoms with Gasteiger partial charge in [0.15, 0.2) is 0 Å². The summed E-state index contributed by atoms with van der Waals surface area (Å²) in [6.45, 7) is 4.88. The molecule has 0 amide bonds. The topological polar surface area (TPSA) is 16.1 Å². The third kappa shape index (κ3) is 2.52. The van der Waals surface area contributed by atoms with E-state index in [0.717, 1.165) is 15.6 Å². The molecule has 0 bridgehead atoms. The highest BCUT2D eigenvalue weighted by Gasteiger charge is 2.38. The number of likely N-dealkylation sites (tertiary alicyclic amines) is 1. The minimum absolute atomic E-state index is 0.0101. The standard InChI is InChI=1S/C10H14F2N2S/c1-7-9(15-8(2)13-7)5-14-4-3-10(11,12)6-14/h3-6H2,1-2H3. The largest absolute Gasteiger partial charge is 0.292 e. The maximum atomic E-state index is 12.9. The normalized spacial score (nSPS) is 21.1. The van der Waals surface area contributed by atoms with E-state index in [1.165, 1.54) is 0 Å². The number of halogens is 2. The maximum Gasteiger partial charge on any atom is 0.261 e. The van der Waals surface area contributed by atoms with Gasteiger partial charge in [-0.05, 0) is 13.8 Å². The third-order valence-corrected chi connectivity index (χ3v) is 3.67. The van der Waals surface area contributed by atoms with Crippen LogP contribution in [0.5, 0.6) is 0 Å². The van der Waals surface area contributed by atoms with Crippen LogP contribution in [0.3, 0.4) is 0 Å². The molecule has 1 aliphatic rings. The molecule has 0 saturated carbocycles. The number of aryl methyl sites for hydroxylation is 2. The molecule has 0 spiro atoms. The molecule has 84 valence electrons. The van der Waals surface area contributed by atoms with E-state index in [2.05, 4.69) is 4.98 Å². The van der Waals surface area contributed by atoms with Gasteiger partial charge in [0.1, 0.15) is 0 Å². The van der Waals surface area contributed by atoms with Gasteiger partial charge in [-0.15, -0.1) is 11.3 Å². The van der Waals surface area contributed by atoms with Gasteiger partial charge in [0.25, 0.3) is 5.92 Å². The van der Waals surface area contributed by atoms with Crippen molar-refractivity contribution < 1.29 is 8.78 Å². The lowest BCUT2D eigenvalue weighted by Crippen LogP contribution is -2.24. The molecule has 2 rings (SSSR count). The molecule has 1 fully saturated rings. The fraction of sp³-hybridized carbons (Fsp3) is 0.700. The van der Waals surface area contributed by atoms with Gasteiger partial charge in [0, 0.05) is 24.4 Å². The monoisotopic (exact) mass is 232 g/mol. The molecular weight excluding hydrogens is 218 g/mol. The van der Waals surface area contributed by atoms with Gasteiger partial charge in [-0.2, -0.15) is 0 Å². The Bertz CT molecular complexity index is 362. The lowest BCUT2D eigenvalue weighted by Gasteiger charge is -2.14. The highest BCUT2D eigenvalue weighted by Crippen LogP contribution is 2.29. The summed E-state index contributed by atoms with van der Waals surface area (Å²) in [5, 5.41) is 1.01. The third-order valence-electron chi connectivity index (χ3n) is 2.62. The molecule has 1 aromatic rings. The van der Waals surface area contributed by atoms with Crippen molar-refractivity contribution in [1.82, 2.24) is 9.88 Å². The molecule has 5 heteroatoms. The van der Waals surface area contributed by atoms with E-state index in [9.17, 15) is 8.78 Å². The van der Waals surface area contributed by atoms with Gasteiger partial charge < -0.3 is 0 Å². The summed E-state index contributed by atoms with van der Waals surface area (Å²) in [5.41, 5.74) is 0.979. The number of rotatable bonds is 2. The van der Waals surface area contributed by atoms with E-state index in [-0.39, 0.29) is 13.0 Å². The second-order valence-corrected chi connectivity index (χ2v) is 5.35. The van der Waals surface area contributed by atoms with Crippen LogP contribution < -0.4 is 0 Å². The first-order chi connectivity index (χ1) is 6.96. The van der Waals surface area contributed by atoms with Crippen molar-refractivity contribution in [3.63, 3.8) is 0 Å². The number of hydrogen-bond acceptors (Lipinski definition) is 3. The van der Waals surface area contributed by atoms with Crippen LogP contribution in [-0.2, 0) is 6.54 Å². The molecule has 0 radical (unpaired) electrons. The Balaban J connectivity index is 2.01. The van der Waals surface area contributed by atoms with Crippen molar-refractivity contribution in [3.05, 3.63) is 15.6 Å².